The van der Waals surface area contributed by atoms with Gasteiger partial charge in [-0.3, -0.25) is 0 Å². The van der Waals surface area contributed by atoms with Crippen LogP contribution < -0.4 is 24.8 Å². The van der Waals surface area contributed by atoms with Gasteiger partial charge in [0.25, 0.3) is 0 Å². The van der Waals surface area contributed by atoms with Crippen molar-refractivity contribution in [3.63, 3.8) is 0 Å². The Hall–Kier alpha value is -4.59. The van der Waals surface area contributed by atoms with Gasteiger partial charge in [0.2, 0.25) is 5.75 Å². The molecule has 16 nitrogen and oxygen atoms in total. The largest absolute Gasteiger partial charge is 0.490 e. The molecule has 4 aliphatic heterocycles. The van der Waals surface area contributed by atoms with Gasteiger partial charge >= 0.3 is 0 Å². The first-order valence-corrected chi connectivity index (χ1v) is 29.9. The van der Waals surface area contributed by atoms with E-state index in [0.717, 1.165) is 60.8 Å². The van der Waals surface area contributed by atoms with Crippen molar-refractivity contribution < 1.29 is 63.1 Å². The summed E-state index contributed by atoms with van der Waals surface area (Å²) in [5.41, 5.74) is 6.22. The third-order valence-corrected chi connectivity index (χ3v) is 15.5. The van der Waals surface area contributed by atoms with Gasteiger partial charge in [-0.25, -0.2) is 4.98 Å². The first kappa shape index (κ1) is 60.5. The van der Waals surface area contributed by atoms with Crippen LogP contribution in [0.2, 0.25) is 0 Å². The number of rotatable bonds is 31. The molecule has 3 aromatic carbocycles. The fourth-order valence-corrected chi connectivity index (χ4v) is 10.8. The number of nitrogens with one attached hydrogen (secondary N) is 2. The van der Waals surface area contributed by atoms with Crippen LogP contribution in [0.5, 0.6) is 17.2 Å². The van der Waals surface area contributed by atoms with Crippen LogP contribution in [0.15, 0.2) is 72.8 Å². The van der Waals surface area contributed by atoms with Crippen molar-refractivity contribution in [2.45, 2.75) is 224 Å². The van der Waals surface area contributed by atoms with Crippen molar-refractivity contribution in [1.29, 1.82) is 0 Å². The molecule has 6 N–H and O–H groups in total. The van der Waals surface area contributed by atoms with Crippen LogP contribution in [0.3, 0.4) is 0 Å². The van der Waals surface area contributed by atoms with E-state index in [1.54, 1.807) is 13.8 Å². The topological polar surface area (TPSA) is 201 Å². The van der Waals surface area contributed by atoms with E-state index in [0.29, 0.717) is 59.8 Å². The molecule has 1 aromatic heterocycles. The molecule has 16 heteroatoms. The van der Waals surface area contributed by atoms with Gasteiger partial charge in [-0.2, -0.15) is 0 Å². The summed E-state index contributed by atoms with van der Waals surface area (Å²) in [4.78, 5) is 5.28. The van der Waals surface area contributed by atoms with Crippen molar-refractivity contribution in [3.8, 4) is 50.9 Å². The zero-order chi connectivity index (χ0) is 55.5. The van der Waals surface area contributed by atoms with E-state index in [2.05, 4.69) is 55.7 Å². The monoisotopic (exact) mass is 1100 g/mol. The molecule has 8 rings (SSSR count). The van der Waals surface area contributed by atoms with Crippen molar-refractivity contribution in [1.82, 2.24) is 4.98 Å². The highest BCUT2D eigenvalue weighted by Crippen LogP contribution is 2.44. The van der Waals surface area contributed by atoms with Crippen molar-refractivity contribution in [2.75, 3.05) is 43.7 Å². The van der Waals surface area contributed by atoms with E-state index < -0.39 is 73.9 Å². The molecule has 0 spiro atoms. The molecule has 79 heavy (non-hydrogen) atoms. The average Bonchev–Trinajstić information content (AvgIpc) is 3.47. The zero-order valence-electron chi connectivity index (χ0n) is 47.5. The fraction of sp³-hybridized carbons (Fsp3) is 0.635. The molecule has 0 radical (unpaired) electrons. The Balaban J connectivity index is 1.11. The van der Waals surface area contributed by atoms with E-state index in [9.17, 15) is 20.4 Å². The number of hydrogen-bond acceptors (Lipinski definition) is 16. The van der Waals surface area contributed by atoms with Crippen molar-refractivity contribution >= 4 is 11.4 Å². The number of aliphatic hydroxyl groups excluding tert-OH is 4. The van der Waals surface area contributed by atoms with Gasteiger partial charge in [-0.05, 0) is 92.8 Å². The summed E-state index contributed by atoms with van der Waals surface area (Å²) in [6, 6.07) is 23.8. The number of nitrogens with zero attached hydrogens (tertiary/aromatic N) is 1. The first-order chi connectivity index (χ1) is 38.5. The minimum atomic E-state index is -1.25. The van der Waals surface area contributed by atoms with E-state index in [4.69, 9.17) is 47.6 Å². The first-order valence-electron chi connectivity index (χ1n) is 29.9. The lowest BCUT2D eigenvalue weighted by molar-refractivity contribution is -0.317. The number of fused-ring (bicyclic) bond motifs is 2. The van der Waals surface area contributed by atoms with E-state index in [-0.39, 0.29) is 13.2 Å². The number of unbranched alkanes of at least 4 members (excludes halogenated alkanes) is 15. The molecule has 4 aromatic rings. The van der Waals surface area contributed by atoms with Gasteiger partial charge in [0, 0.05) is 22.5 Å². The Morgan fingerprint density at radius 2 is 0.810 bits per heavy atom. The summed E-state index contributed by atoms with van der Waals surface area (Å²) in [6.45, 7) is 12.4. The summed E-state index contributed by atoms with van der Waals surface area (Å²) in [5.74, 6) is 1.97. The maximum absolute atomic E-state index is 11.1. The number of ether oxygens (including phenoxy) is 9. The van der Waals surface area contributed by atoms with E-state index >= 15 is 0 Å². The standard InChI is InChI=1S/C63H91N3O13/c1-6-9-12-15-18-21-32-71-51-37-46(38-52(72-33-22-19-16-13-10-7-2)59(51)73-34-23-20-17-14-11-8-3)45-35-49(43-24-28-47(29-25-43)64-62-57(69)55(67)60-53(78-62)39-74-41(4)76-60)66-50(36-45)44-26-30-48(31-27-44)65-63-58(70)56(68)61-54(79-63)40-75-42(5)77-61/h24-31,35-38,41-42,53-58,60-65,67-70H,6-23,32-34,39-40H2,1-5H3/t41?,42?,53-,54-,55-,56-,57-,58-,60-,61-,62-,63-/m1/s1. The highest BCUT2D eigenvalue weighted by molar-refractivity contribution is 5.79. The minimum absolute atomic E-state index is 0.235. The van der Waals surface area contributed by atoms with Gasteiger partial charge in [-0.15, -0.1) is 0 Å². The van der Waals surface area contributed by atoms with Crippen LogP contribution in [0, 0.1) is 0 Å². The molecular formula is C63H91N3O13. The predicted octanol–water partition coefficient (Wildman–Crippen LogP) is 11.5. The summed E-state index contributed by atoms with van der Waals surface area (Å²) in [7, 11) is 0. The van der Waals surface area contributed by atoms with Crippen LogP contribution >= 0.6 is 0 Å². The summed E-state index contributed by atoms with van der Waals surface area (Å²) >= 11 is 0. The maximum atomic E-state index is 11.1. The zero-order valence-corrected chi connectivity index (χ0v) is 47.5. The van der Waals surface area contributed by atoms with Crippen molar-refractivity contribution in [2.24, 2.45) is 0 Å². The van der Waals surface area contributed by atoms with Crippen LogP contribution in [-0.2, 0) is 28.4 Å². The normalized spacial score (nSPS) is 26.7. The van der Waals surface area contributed by atoms with Gasteiger partial charge < -0.3 is 73.7 Å². The Labute approximate surface area is 469 Å². The molecule has 0 bridgehead atoms. The van der Waals surface area contributed by atoms with Crippen LogP contribution in [-0.4, -0.2) is 132 Å². The molecular weight excluding hydrogens is 1010 g/mol. The number of aliphatic hydroxyl groups is 4. The van der Waals surface area contributed by atoms with E-state index in [1.165, 1.54) is 77.0 Å². The van der Waals surface area contributed by atoms with Crippen LogP contribution in [0.4, 0.5) is 11.4 Å². The fourth-order valence-electron chi connectivity index (χ4n) is 10.8. The van der Waals surface area contributed by atoms with Gasteiger partial charge in [0.1, 0.15) is 48.8 Å². The molecule has 5 heterocycles. The number of pyridine rings is 1. The van der Waals surface area contributed by atoms with Crippen molar-refractivity contribution in [3.05, 3.63) is 72.8 Å². The molecule has 0 aliphatic carbocycles. The maximum Gasteiger partial charge on any atom is 0.203 e. The molecule has 0 amide bonds. The second-order valence-electron chi connectivity index (χ2n) is 21.9. The number of aromatic nitrogens is 1. The molecule has 0 saturated carbocycles. The predicted molar refractivity (Wildman–Crippen MR) is 306 cm³/mol. The van der Waals surface area contributed by atoms with Crippen LogP contribution in [0.25, 0.3) is 33.6 Å². The third-order valence-electron chi connectivity index (χ3n) is 15.5. The highest BCUT2D eigenvalue weighted by atomic mass is 16.7. The summed E-state index contributed by atoms with van der Waals surface area (Å²) in [6.07, 6.45) is 10.5. The van der Waals surface area contributed by atoms with Gasteiger partial charge in [-0.1, -0.05) is 141 Å². The lowest BCUT2D eigenvalue weighted by Crippen LogP contribution is -2.64. The molecule has 4 fully saturated rings. The molecule has 4 saturated heterocycles. The van der Waals surface area contributed by atoms with Crippen LogP contribution in [0.1, 0.15) is 150 Å². The molecule has 4 aliphatic rings. The number of benzene rings is 3. The Bertz CT molecular complexity index is 2260. The number of hydrogen-bond donors (Lipinski definition) is 6. The molecule has 2 unspecified atom stereocenters. The summed E-state index contributed by atoms with van der Waals surface area (Å²) in [5, 5.41) is 50.8. The second kappa shape index (κ2) is 31.0. The quantitative estimate of drug-likeness (QED) is 0.0260. The van der Waals surface area contributed by atoms with Gasteiger partial charge in [0.05, 0.1) is 44.4 Å². The lowest BCUT2D eigenvalue weighted by Gasteiger charge is -2.46. The van der Waals surface area contributed by atoms with E-state index in [1.807, 2.05) is 48.5 Å². The number of anilines is 2. The lowest BCUT2D eigenvalue weighted by atomic mass is 9.97. The Morgan fingerprint density at radius 3 is 1.22 bits per heavy atom. The average molecular weight is 1100 g/mol. The second-order valence-corrected chi connectivity index (χ2v) is 21.9. The van der Waals surface area contributed by atoms with Gasteiger partial charge in [0.15, 0.2) is 36.5 Å². The Morgan fingerprint density at radius 1 is 0.443 bits per heavy atom. The minimum Gasteiger partial charge on any atom is -0.490 e. The highest BCUT2D eigenvalue weighted by Gasteiger charge is 2.49. The third kappa shape index (κ3) is 17.0. The molecule has 436 valence electrons. The molecule has 12 atom stereocenters. The summed E-state index contributed by atoms with van der Waals surface area (Å²) < 4.78 is 55.4. The SMILES string of the molecule is CCCCCCCCOc1cc(-c2cc(-c3ccc(N[C@@H]4O[C@@H]5COC(C)O[C@H]5[C@H](O)[C@H]4O)cc3)nc(-c3ccc(N[C@@H]4O[C@@H]5COC(C)O[C@H]5[C@H](O)[C@H]4O)cc3)c2)cc(OCCCCCCCC)c1OCCCCCCCC. The Kier molecular flexibility index (Phi) is 23.7. The smallest absolute Gasteiger partial charge is 0.203 e.